The van der Waals surface area contributed by atoms with Crippen molar-refractivity contribution in [1.29, 1.82) is 0 Å². The fourth-order valence-electron chi connectivity index (χ4n) is 3.10. The van der Waals surface area contributed by atoms with Crippen molar-refractivity contribution in [2.75, 3.05) is 19.6 Å². The molecule has 2 saturated heterocycles. The smallest absolute Gasteiger partial charge is 0.117 e. The quantitative estimate of drug-likeness (QED) is 0.829. The van der Waals surface area contributed by atoms with E-state index in [1.807, 2.05) is 12.1 Å². The lowest BCUT2D eigenvalue weighted by atomic mass is 10.1. The Morgan fingerprint density at radius 1 is 1.41 bits per heavy atom. The first-order valence-electron chi connectivity index (χ1n) is 6.41. The number of hydrogen-bond acceptors (Lipinski definition) is 4. The molecular weight excluding hydrogens is 216 g/mol. The largest absolute Gasteiger partial charge is 0.468 e. The average Bonchev–Trinajstić information content (AvgIpc) is 2.87. The van der Waals surface area contributed by atoms with Crippen LogP contribution in [0.5, 0.6) is 0 Å². The van der Waals surface area contributed by atoms with Gasteiger partial charge in [-0.1, -0.05) is 0 Å². The topological polar surface area (TPSA) is 39.9 Å². The molecule has 2 aliphatic rings. The van der Waals surface area contributed by atoms with Crippen LogP contribution in [-0.2, 0) is 6.54 Å². The van der Waals surface area contributed by atoms with Crippen LogP contribution in [0.3, 0.4) is 0 Å². The summed E-state index contributed by atoms with van der Waals surface area (Å²) in [6.45, 7) is 6.09. The van der Waals surface area contributed by atoms with Crippen LogP contribution < -0.4 is 0 Å². The van der Waals surface area contributed by atoms with Gasteiger partial charge in [-0.2, -0.15) is 0 Å². The normalized spacial score (nSPS) is 35.1. The van der Waals surface area contributed by atoms with E-state index in [1.165, 1.54) is 0 Å². The van der Waals surface area contributed by atoms with Gasteiger partial charge in [-0.25, -0.2) is 0 Å². The molecule has 0 amide bonds. The molecule has 0 aliphatic carbocycles. The molecule has 1 aromatic rings. The highest BCUT2D eigenvalue weighted by Gasteiger charge is 2.38. The molecule has 3 heterocycles. The summed E-state index contributed by atoms with van der Waals surface area (Å²) < 4.78 is 5.41. The lowest BCUT2D eigenvalue weighted by Gasteiger charge is -2.41. The standard InChI is InChI=1S/C13H20N2O2/c1-10-6-15-8-12(16)5-11(15)7-14(10)9-13-3-2-4-17-13/h2-4,10-12,16H,5-9H2,1H3/t10-,11?,12-/m1/s1. The summed E-state index contributed by atoms with van der Waals surface area (Å²) in [4.78, 5) is 4.88. The fraction of sp³-hybridized carbons (Fsp3) is 0.692. The zero-order chi connectivity index (χ0) is 11.8. The van der Waals surface area contributed by atoms with Crippen molar-refractivity contribution >= 4 is 0 Å². The maximum Gasteiger partial charge on any atom is 0.117 e. The van der Waals surface area contributed by atoms with Crippen molar-refractivity contribution in [3.63, 3.8) is 0 Å². The Hall–Kier alpha value is -0.840. The highest BCUT2D eigenvalue weighted by atomic mass is 16.3. The summed E-state index contributed by atoms with van der Waals surface area (Å²) in [5.74, 6) is 1.03. The van der Waals surface area contributed by atoms with Crippen LogP contribution in [0.15, 0.2) is 22.8 Å². The van der Waals surface area contributed by atoms with Gasteiger partial charge < -0.3 is 9.52 Å². The van der Waals surface area contributed by atoms with Crippen molar-refractivity contribution in [3.05, 3.63) is 24.2 Å². The van der Waals surface area contributed by atoms with Gasteiger partial charge in [-0.05, 0) is 25.5 Å². The van der Waals surface area contributed by atoms with Crippen molar-refractivity contribution in [1.82, 2.24) is 9.80 Å². The molecule has 0 radical (unpaired) electrons. The van der Waals surface area contributed by atoms with Crippen LogP contribution in [0.1, 0.15) is 19.1 Å². The lowest BCUT2D eigenvalue weighted by Crippen LogP contribution is -2.54. The van der Waals surface area contributed by atoms with Crippen LogP contribution >= 0.6 is 0 Å². The summed E-state index contributed by atoms with van der Waals surface area (Å²) in [6, 6.07) is 5.02. The second-order valence-electron chi connectivity index (χ2n) is 5.36. The van der Waals surface area contributed by atoms with Gasteiger partial charge in [0.2, 0.25) is 0 Å². The fourth-order valence-corrected chi connectivity index (χ4v) is 3.10. The molecule has 0 bridgehead atoms. The van der Waals surface area contributed by atoms with Gasteiger partial charge in [0.25, 0.3) is 0 Å². The highest BCUT2D eigenvalue weighted by molar-refractivity contribution is 5.01. The molecule has 0 spiro atoms. The second-order valence-corrected chi connectivity index (χ2v) is 5.36. The molecule has 0 saturated carbocycles. The summed E-state index contributed by atoms with van der Waals surface area (Å²) in [6.07, 6.45) is 2.52. The van der Waals surface area contributed by atoms with E-state index in [2.05, 4.69) is 16.7 Å². The number of nitrogens with zero attached hydrogens (tertiary/aromatic N) is 2. The molecular formula is C13H20N2O2. The first kappa shape index (κ1) is 11.3. The van der Waals surface area contributed by atoms with Gasteiger partial charge in [0.05, 0.1) is 18.9 Å². The van der Waals surface area contributed by atoms with Crippen molar-refractivity contribution < 1.29 is 9.52 Å². The summed E-state index contributed by atoms with van der Waals surface area (Å²) in [5.41, 5.74) is 0. The van der Waals surface area contributed by atoms with Gasteiger partial charge >= 0.3 is 0 Å². The van der Waals surface area contributed by atoms with E-state index in [4.69, 9.17) is 4.42 Å². The van der Waals surface area contributed by atoms with Gasteiger partial charge in [0.15, 0.2) is 0 Å². The van der Waals surface area contributed by atoms with Gasteiger partial charge in [-0.3, -0.25) is 9.80 Å². The summed E-state index contributed by atoms with van der Waals surface area (Å²) in [7, 11) is 0. The van der Waals surface area contributed by atoms with E-state index in [1.54, 1.807) is 6.26 Å². The minimum absolute atomic E-state index is 0.129. The van der Waals surface area contributed by atoms with Crippen LogP contribution in [0, 0.1) is 0 Å². The molecule has 3 atom stereocenters. The third kappa shape index (κ3) is 2.25. The van der Waals surface area contributed by atoms with Crippen LogP contribution in [0.25, 0.3) is 0 Å². The molecule has 1 unspecified atom stereocenters. The van der Waals surface area contributed by atoms with E-state index in [0.717, 1.165) is 38.4 Å². The third-order valence-electron chi connectivity index (χ3n) is 4.01. The monoisotopic (exact) mass is 236 g/mol. The molecule has 4 nitrogen and oxygen atoms in total. The Morgan fingerprint density at radius 3 is 3.06 bits per heavy atom. The van der Waals surface area contributed by atoms with Crippen LogP contribution in [-0.4, -0.2) is 52.7 Å². The van der Waals surface area contributed by atoms with Crippen LogP contribution in [0.4, 0.5) is 0 Å². The zero-order valence-electron chi connectivity index (χ0n) is 10.2. The Kier molecular flexibility index (Phi) is 2.94. The van der Waals surface area contributed by atoms with E-state index in [-0.39, 0.29) is 6.10 Å². The Morgan fingerprint density at radius 2 is 2.29 bits per heavy atom. The summed E-state index contributed by atoms with van der Waals surface area (Å²) >= 11 is 0. The van der Waals surface area contributed by atoms with Gasteiger partial charge in [-0.15, -0.1) is 0 Å². The van der Waals surface area contributed by atoms with Crippen molar-refractivity contribution in [3.8, 4) is 0 Å². The number of furan rings is 1. The van der Waals surface area contributed by atoms with Gasteiger partial charge in [0.1, 0.15) is 5.76 Å². The molecule has 0 aromatic carbocycles. The van der Waals surface area contributed by atoms with Crippen molar-refractivity contribution in [2.24, 2.45) is 0 Å². The van der Waals surface area contributed by atoms with Crippen molar-refractivity contribution in [2.45, 2.75) is 38.1 Å². The molecule has 4 heteroatoms. The Balaban J connectivity index is 1.66. The summed E-state index contributed by atoms with van der Waals surface area (Å²) in [5, 5.41) is 9.71. The molecule has 2 fully saturated rings. The lowest BCUT2D eigenvalue weighted by molar-refractivity contribution is 0.0484. The number of piperazine rings is 1. The number of aliphatic hydroxyl groups is 1. The number of aliphatic hydroxyl groups excluding tert-OH is 1. The zero-order valence-corrected chi connectivity index (χ0v) is 10.2. The average molecular weight is 236 g/mol. The highest BCUT2D eigenvalue weighted by Crippen LogP contribution is 2.26. The van der Waals surface area contributed by atoms with E-state index in [0.29, 0.717) is 12.1 Å². The number of hydrogen-bond donors (Lipinski definition) is 1. The van der Waals surface area contributed by atoms with Gasteiger partial charge in [0, 0.05) is 31.7 Å². The molecule has 94 valence electrons. The maximum atomic E-state index is 9.71. The molecule has 2 aliphatic heterocycles. The van der Waals surface area contributed by atoms with Crippen LogP contribution in [0.2, 0.25) is 0 Å². The maximum absolute atomic E-state index is 9.71. The van der Waals surface area contributed by atoms with E-state index < -0.39 is 0 Å². The first-order valence-corrected chi connectivity index (χ1v) is 6.41. The molecule has 17 heavy (non-hydrogen) atoms. The first-order chi connectivity index (χ1) is 8.22. The Bertz CT molecular complexity index is 366. The second kappa shape index (κ2) is 4.44. The Labute approximate surface area is 102 Å². The predicted octanol–water partition coefficient (Wildman–Crippen LogP) is 0.919. The molecule has 1 N–H and O–H groups in total. The number of rotatable bonds is 2. The minimum Gasteiger partial charge on any atom is -0.468 e. The number of fused-ring (bicyclic) bond motifs is 1. The van der Waals surface area contributed by atoms with E-state index in [9.17, 15) is 5.11 Å². The third-order valence-corrected chi connectivity index (χ3v) is 4.01. The van der Waals surface area contributed by atoms with E-state index >= 15 is 0 Å². The SMILES string of the molecule is C[C@@H]1CN2C[C@H](O)CC2CN1Cc1ccco1. The molecule has 3 rings (SSSR count). The molecule has 1 aromatic heterocycles. The predicted molar refractivity (Wildman–Crippen MR) is 64.6 cm³/mol. The minimum atomic E-state index is -0.129.